The van der Waals surface area contributed by atoms with Crippen molar-refractivity contribution in [3.05, 3.63) is 0 Å². The van der Waals surface area contributed by atoms with Gasteiger partial charge in [0.25, 0.3) is 0 Å². The third-order valence-electron chi connectivity index (χ3n) is 9.34. The van der Waals surface area contributed by atoms with Crippen LogP contribution in [0, 0.1) is 39.9 Å². The minimum Gasteiger partial charge on any atom is -0.454 e. The zero-order valence-electron chi connectivity index (χ0n) is 15.5. The van der Waals surface area contributed by atoms with Crippen LogP contribution in [0.1, 0.15) is 65.7 Å². The first-order valence-corrected chi connectivity index (χ1v) is 10.0. The SMILES string of the molecule is CC(=O)O[C@@H]1C(=O)[C@]23C[C@H]2CC[C@]3(C)[C@H]2CC[C@]3(C)C(=O)CC[C@H]3[C@H]12. The second kappa shape index (κ2) is 4.55. The largest absolute Gasteiger partial charge is 0.454 e. The van der Waals surface area contributed by atoms with Gasteiger partial charge < -0.3 is 4.74 Å². The lowest BCUT2D eigenvalue weighted by Gasteiger charge is -2.58. The van der Waals surface area contributed by atoms with Crippen LogP contribution in [-0.2, 0) is 19.1 Å². The third-order valence-corrected chi connectivity index (χ3v) is 9.34. The second-order valence-corrected chi connectivity index (χ2v) is 9.93. The van der Waals surface area contributed by atoms with Crippen molar-refractivity contribution < 1.29 is 19.1 Å². The molecule has 5 fully saturated rings. The number of ether oxygens (including phenoxy) is 1. The number of hydrogen-bond acceptors (Lipinski definition) is 4. The molecule has 0 aromatic carbocycles. The standard InChI is InChI=1S/C21H28O4/c1-11(22)25-17-16-13-4-5-15(23)19(13,2)8-7-14(16)20(3)9-6-12-10-21(12,20)18(17)24/h12-14,16-17H,4-10H2,1-3H3/t12-,13+,14+,16+,17+,19+,20-,21+/m1/s1. The van der Waals surface area contributed by atoms with Crippen LogP contribution >= 0.6 is 0 Å². The maximum atomic E-state index is 13.6. The topological polar surface area (TPSA) is 60.4 Å². The van der Waals surface area contributed by atoms with Crippen LogP contribution in [0.3, 0.4) is 0 Å². The van der Waals surface area contributed by atoms with Crippen molar-refractivity contribution >= 4 is 17.5 Å². The maximum absolute atomic E-state index is 13.6. The summed E-state index contributed by atoms with van der Waals surface area (Å²) in [5, 5.41) is 0. The van der Waals surface area contributed by atoms with Crippen LogP contribution < -0.4 is 0 Å². The first-order valence-electron chi connectivity index (χ1n) is 10.0. The van der Waals surface area contributed by atoms with Crippen molar-refractivity contribution in [3.8, 4) is 0 Å². The summed E-state index contributed by atoms with van der Waals surface area (Å²) in [6.07, 6.45) is 6.05. The van der Waals surface area contributed by atoms with E-state index in [9.17, 15) is 14.4 Å². The molecule has 5 aliphatic carbocycles. The predicted molar refractivity (Wildman–Crippen MR) is 90.5 cm³/mol. The molecule has 1 spiro atoms. The lowest BCUT2D eigenvalue weighted by molar-refractivity contribution is -0.189. The van der Waals surface area contributed by atoms with Gasteiger partial charge in [0.05, 0.1) is 0 Å². The van der Waals surface area contributed by atoms with Crippen LogP contribution in [-0.4, -0.2) is 23.6 Å². The van der Waals surface area contributed by atoms with E-state index in [-0.39, 0.29) is 39.8 Å². The predicted octanol–water partition coefficient (Wildman–Crippen LogP) is 3.32. The van der Waals surface area contributed by atoms with Crippen molar-refractivity contribution in [3.63, 3.8) is 0 Å². The first-order chi connectivity index (χ1) is 11.8. The van der Waals surface area contributed by atoms with Crippen LogP contribution in [0.5, 0.6) is 0 Å². The summed E-state index contributed by atoms with van der Waals surface area (Å²) in [4.78, 5) is 38.0. The molecule has 136 valence electrons. The summed E-state index contributed by atoms with van der Waals surface area (Å²) in [5.41, 5.74) is -0.504. The monoisotopic (exact) mass is 344 g/mol. The molecule has 0 radical (unpaired) electrons. The third kappa shape index (κ3) is 1.63. The van der Waals surface area contributed by atoms with E-state index in [0.717, 1.165) is 38.5 Å². The van der Waals surface area contributed by atoms with E-state index >= 15 is 0 Å². The summed E-state index contributed by atoms with van der Waals surface area (Å²) in [5.74, 6) is 1.33. The number of Topliss-reactive ketones (excluding diaryl/α,β-unsaturated/α-hetero) is 2. The van der Waals surface area contributed by atoms with Gasteiger partial charge in [0.15, 0.2) is 11.9 Å². The Hall–Kier alpha value is -1.19. The lowest BCUT2D eigenvalue weighted by Crippen LogP contribution is -2.62. The van der Waals surface area contributed by atoms with E-state index in [2.05, 4.69) is 13.8 Å². The Morgan fingerprint density at radius 1 is 1.08 bits per heavy atom. The Morgan fingerprint density at radius 3 is 2.52 bits per heavy atom. The molecule has 0 heterocycles. The molecule has 0 saturated heterocycles. The Kier molecular flexibility index (Phi) is 2.92. The van der Waals surface area contributed by atoms with Gasteiger partial charge in [0, 0.05) is 30.1 Å². The Labute approximate surface area is 149 Å². The number of ketones is 2. The molecule has 0 aromatic heterocycles. The van der Waals surface area contributed by atoms with E-state index in [1.54, 1.807) is 0 Å². The molecule has 4 heteroatoms. The molecule has 0 bridgehead atoms. The van der Waals surface area contributed by atoms with Crippen molar-refractivity contribution in [2.75, 3.05) is 0 Å². The summed E-state index contributed by atoms with van der Waals surface area (Å²) in [6.45, 7) is 5.84. The molecular formula is C21H28O4. The van der Waals surface area contributed by atoms with Gasteiger partial charge >= 0.3 is 5.97 Å². The fourth-order valence-electron chi connectivity index (χ4n) is 8.05. The molecule has 0 aromatic rings. The smallest absolute Gasteiger partial charge is 0.303 e. The van der Waals surface area contributed by atoms with E-state index in [1.165, 1.54) is 6.92 Å². The zero-order valence-corrected chi connectivity index (χ0v) is 15.5. The number of carbonyl (C=O) groups is 3. The lowest BCUT2D eigenvalue weighted by atomic mass is 9.45. The number of carbonyl (C=O) groups excluding carboxylic acids is 3. The Balaban J connectivity index is 1.63. The highest BCUT2D eigenvalue weighted by molar-refractivity contribution is 5.96. The summed E-state index contributed by atoms with van der Waals surface area (Å²) < 4.78 is 5.71. The van der Waals surface area contributed by atoms with E-state index in [0.29, 0.717) is 24.0 Å². The minimum atomic E-state index is -0.616. The second-order valence-electron chi connectivity index (χ2n) is 9.93. The average Bonchev–Trinajstić information content (AvgIpc) is 3.12. The molecule has 0 N–H and O–H groups in total. The Morgan fingerprint density at radius 2 is 1.84 bits per heavy atom. The molecule has 8 atom stereocenters. The highest BCUT2D eigenvalue weighted by Gasteiger charge is 2.80. The van der Waals surface area contributed by atoms with Crippen molar-refractivity contribution in [2.24, 2.45) is 39.9 Å². The van der Waals surface area contributed by atoms with Gasteiger partial charge in [-0.25, -0.2) is 0 Å². The molecule has 0 aliphatic heterocycles. The van der Waals surface area contributed by atoms with Crippen LogP contribution in [0.2, 0.25) is 0 Å². The van der Waals surface area contributed by atoms with Crippen molar-refractivity contribution in [1.29, 1.82) is 0 Å². The van der Waals surface area contributed by atoms with E-state index < -0.39 is 6.10 Å². The molecule has 4 nitrogen and oxygen atoms in total. The average molecular weight is 344 g/mol. The number of fused-ring (bicyclic) bond motifs is 4. The van der Waals surface area contributed by atoms with Crippen LogP contribution in [0.15, 0.2) is 0 Å². The zero-order chi connectivity index (χ0) is 17.8. The molecule has 25 heavy (non-hydrogen) atoms. The summed E-state index contributed by atoms with van der Waals surface area (Å²) >= 11 is 0. The number of esters is 1. The number of rotatable bonds is 1. The van der Waals surface area contributed by atoms with Gasteiger partial charge in [0.1, 0.15) is 5.78 Å². The van der Waals surface area contributed by atoms with Gasteiger partial charge in [-0.2, -0.15) is 0 Å². The molecule has 5 saturated carbocycles. The van der Waals surface area contributed by atoms with E-state index in [1.807, 2.05) is 0 Å². The van der Waals surface area contributed by atoms with Gasteiger partial charge in [-0.1, -0.05) is 13.8 Å². The molecular weight excluding hydrogens is 316 g/mol. The fraction of sp³-hybridized carbons (Fsp3) is 0.857. The quantitative estimate of drug-likeness (QED) is 0.685. The number of hydrogen-bond donors (Lipinski definition) is 0. The first kappa shape index (κ1) is 16.0. The van der Waals surface area contributed by atoms with Crippen molar-refractivity contribution in [1.82, 2.24) is 0 Å². The van der Waals surface area contributed by atoms with Crippen molar-refractivity contribution in [2.45, 2.75) is 71.8 Å². The van der Waals surface area contributed by atoms with Gasteiger partial charge in [0.2, 0.25) is 0 Å². The summed E-state index contributed by atoms with van der Waals surface area (Å²) in [7, 11) is 0. The van der Waals surface area contributed by atoms with Gasteiger partial charge in [-0.3, -0.25) is 14.4 Å². The fourth-order valence-corrected chi connectivity index (χ4v) is 8.05. The Bertz CT molecular complexity index is 698. The highest BCUT2D eigenvalue weighted by Crippen LogP contribution is 2.80. The molecule has 5 aliphatic rings. The molecule has 0 unspecified atom stereocenters. The minimum absolute atomic E-state index is 0.0385. The van der Waals surface area contributed by atoms with E-state index in [4.69, 9.17) is 4.74 Å². The maximum Gasteiger partial charge on any atom is 0.303 e. The molecule has 0 amide bonds. The van der Waals surface area contributed by atoms with Crippen LogP contribution in [0.25, 0.3) is 0 Å². The molecule has 5 rings (SSSR count). The van der Waals surface area contributed by atoms with Gasteiger partial charge in [-0.05, 0) is 61.7 Å². The van der Waals surface area contributed by atoms with Crippen LogP contribution in [0.4, 0.5) is 0 Å². The normalized spacial score (nSPS) is 55.9. The summed E-state index contributed by atoms with van der Waals surface area (Å²) in [6, 6.07) is 0. The van der Waals surface area contributed by atoms with Gasteiger partial charge in [-0.15, -0.1) is 0 Å². The highest BCUT2D eigenvalue weighted by atomic mass is 16.5.